The van der Waals surface area contributed by atoms with Crippen molar-refractivity contribution in [1.82, 2.24) is 9.62 Å². The minimum atomic E-state index is -3.44. The van der Waals surface area contributed by atoms with Gasteiger partial charge in [0.2, 0.25) is 10.0 Å². The van der Waals surface area contributed by atoms with Crippen molar-refractivity contribution in [2.24, 2.45) is 11.8 Å². The Morgan fingerprint density at radius 3 is 2.55 bits per heavy atom. The Hall–Kier alpha value is -1.60. The molecule has 2 bridgehead atoms. The molecule has 0 aromatic heterocycles. The standard InChI is InChI=1S/C15H20N2O4S/c1-10-2-4-14(5-3-10)22(20,21)17-9-12-7-13(17)6-11(12)8-16-15(18)19/h2-5,11-13,16H,6-9H2,1H3,(H,18,19)/t11?,12-,13+/m0/s1. The van der Waals surface area contributed by atoms with Crippen LogP contribution in [0.3, 0.4) is 0 Å². The molecule has 3 rings (SSSR count). The van der Waals surface area contributed by atoms with Crippen LogP contribution in [-0.4, -0.2) is 43.1 Å². The summed E-state index contributed by atoms with van der Waals surface area (Å²) in [6.07, 6.45) is 0.541. The lowest BCUT2D eigenvalue weighted by molar-refractivity contribution is 0.187. The van der Waals surface area contributed by atoms with Gasteiger partial charge in [0.25, 0.3) is 0 Å². The number of nitrogens with one attached hydrogen (secondary N) is 1. The van der Waals surface area contributed by atoms with Gasteiger partial charge in [-0.05, 0) is 43.7 Å². The lowest BCUT2D eigenvalue weighted by Crippen LogP contribution is -2.42. The van der Waals surface area contributed by atoms with E-state index in [4.69, 9.17) is 5.11 Å². The molecule has 2 N–H and O–H groups in total. The first-order chi connectivity index (χ1) is 10.4. The predicted octanol–water partition coefficient (Wildman–Crippen LogP) is 1.66. The van der Waals surface area contributed by atoms with Gasteiger partial charge in [-0.25, -0.2) is 13.2 Å². The number of carbonyl (C=O) groups is 1. The average molecular weight is 324 g/mol. The number of benzene rings is 1. The molecular formula is C15H20N2O4S. The zero-order valence-electron chi connectivity index (χ0n) is 12.4. The zero-order valence-corrected chi connectivity index (χ0v) is 13.2. The van der Waals surface area contributed by atoms with Crippen molar-refractivity contribution in [2.45, 2.75) is 30.7 Å². The van der Waals surface area contributed by atoms with Crippen LogP contribution in [-0.2, 0) is 10.0 Å². The molecule has 1 aliphatic heterocycles. The number of amides is 1. The molecule has 1 saturated heterocycles. The van der Waals surface area contributed by atoms with E-state index in [0.717, 1.165) is 18.4 Å². The third kappa shape index (κ3) is 2.70. The van der Waals surface area contributed by atoms with Gasteiger partial charge in [-0.15, -0.1) is 0 Å². The Bertz CT molecular complexity index is 671. The summed E-state index contributed by atoms with van der Waals surface area (Å²) in [5.41, 5.74) is 1.03. The molecule has 0 spiro atoms. The van der Waals surface area contributed by atoms with Gasteiger partial charge in [0.1, 0.15) is 0 Å². The van der Waals surface area contributed by atoms with E-state index in [1.807, 2.05) is 6.92 Å². The van der Waals surface area contributed by atoms with E-state index >= 15 is 0 Å². The number of nitrogens with zero attached hydrogens (tertiary/aromatic N) is 1. The smallest absolute Gasteiger partial charge is 0.404 e. The van der Waals surface area contributed by atoms with E-state index in [2.05, 4.69) is 5.32 Å². The molecule has 2 fully saturated rings. The largest absolute Gasteiger partial charge is 0.465 e. The molecule has 6 nitrogen and oxygen atoms in total. The number of aryl methyl sites for hydroxylation is 1. The van der Waals surface area contributed by atoms with Gasteiger partial charge in [-0.1, -0.05) is 17.7 Å². The maximum Gasteiger partial charge on any atom is 0.404 e. The molecule has 1 amide bonds. The summed E-state index contributed by atoms with van der Waals surface area (Å²) < 4.78 is 27.0. The van der Waals surface area contributed by atoms with Gasteiger partial charge in [0.05, 0.1) is 4.90 Å². The SMILES string of the molecule is Cc1ccc(S(=O)(=O)N2C[C@@H]3C[C@H]2CC3CNC(=O)O)cc1. The van der Waals surface area contributed by atoms with Gasteiger partial charge in [0.15, 0.2) is 0 Å². The second kappa shape index (κ2) is 5.55. The van der Waals surface area contributed by atoms with Gasteiger partial charge >= 0.3 is 6.09 Å². The van der Waals surface area contributed by atoms with Crippen LogP contribution in [0, 0.1) is 18.8 Å². The Kier molecular flexibility index (Phi) is 3.86. The highest BCUT2D eigenvalue weighted by atomic mass is 32.2. The molecule has 0 radical (unpaired) electrons. The monoisotopic (exact) mass is 324 g/mol. The van der Waals surface area contributed by atoms with E-state index in [1.54, 1.807) is 28.6 Å². The molecule has 1 aromatic carbocycles. The van der Waals surface area contributed by atoms with Crippen LogP contribution >= 0.6 is 0 Å². The van der Waals surface area contributed by atoms with E-state index in [9.17, 15) is 13.2 Å². The quantitative estimate of drug-likeness (QED) is 0.882. The van der Waals surface area contributed by atoms with Crippen molar-refractivity contribution in [3.8, 4) is 0 Å². The van der Waals surface area contributed by atoms with Crippen LogP contribution < -0.4 is 5.32 Å². The van der Waals surface area contributed by atoms with Crippen molar-refractivity contribution in [1.29, 1.82) is 0 Å². The predicted molar refractivity (Wildman–Crippen MR) is 81.1 cm³/mol. The molecule has 1 unspecified atom stereocenters. The number of hydrogen-bond acceptors (Lipinski definition) is 3. The van der Waals surface area contributed by atoms with Crippen molar-refractivity contribution < 1.29 is 18.3 Å². The Morgan fingerprint density at radius 2 is 2.00 bits per heavy atom. The first-order valence-corrected chi connectivity index (χ1v) is 8.87. The highest BCUT2D eigenvalue weighted by Crippen LogP contribution is 2.44. The van der Waals surface area contributed by atoms with Crippen molar-refractivity contribution in [3.05, 3.63) is 29.8 Å². The van der Waals surface area contributed by atoms with E-state index in [0.29, 0.717) is 18.0 Å². The number of hydrogen-bond donors (Lipinski definition) is 2. The van der Waals surface area contributed by atoms with Gasteiger partial charge in [0, 0.05) is 19.1 Å². The lowest BCUT2D eigenvalue weighted by Gasteiger charge is -2.30. The second-order valence-electron chi connectivity index (χ2n) is 6.22. The number of rotatable bonds is 4. The molecule has 1 saturated carbocycles. The molecule has 22 heavy (non-hydrogen) atoms. The molecule has 2 aliphatic rings. The molecule has 1 heterocycles. The molecule has 120 valence electrons. The van der Waals surface area contributed by atoms with Gasteiger partial charge in [-0.2, -0.15) is 4.31 Å². The lowest BCUT2D eigenvalue weighted by atomic mass is 9.95. The summed E-state index contributed by atoms with van der Waals surface area (Å²) in [6.45, 7) is 2.83. The highest BCUT2D eigenvalue weighted by Gasteiger charge is 2.49. The van der Waals surface area contributed by atoms with Crippen LogP contribution in [0.1, 0.15) is 18.4 Å². The fourth-order valence-corrected chi connectivity index (χ4v) is 5.33. The molecule has 3 atom stereocenters. The normalized spacial score (nSPS) is 28.0. The number of carboxylic acid groups (broad SMARTS) is 1. The van der Waals surface area contributed by atoms with E-state index < -0.39 is 16.1 Å². The number of piperidine rings is 1. The van der Waals surface area contributed by atoms with Gasteiger partial charge in [-0.3, -0.25) is 0 Å². The summed E-state index contributed by atoms with van der Waals surface area (Å²) in [5, 5.41) is 11.1. The van der Waals surface area contributed by atoms with Crippen LogP contribution in [0.15, 0.2) is 29.2 Å². The van der Waals surface area contributed by atoms with E-state index in [-0.39, 0.29) is 17.9 Å². The minimum Gasteiger partial charge on any atom is -0.465 e. The Labute approximate surface area is 130 Å². The van der Waals surface area contributed by atoms with Crippen LogP contribution in [0.2, 0.25) is 0 Å². The van der Waals surface area contributed by atoms with Crippen LogP contribution in [0.4, 0.5) is 4.79 Å². The van der Waals surface area contributed by atoms with Crippen LogP contribution in [0.25, 0.3) is 0 Å². The third-order valence-corrected chi connectivity index (χ3v) is 6.71. The van der Waals surface area contributed by atoms with Crippen molar-refractivity contribution in [2.75, 3.05) is 13.1 Å². The molecular weight excluding hydrogens is 304 g/mol. The third-order valence-electron chi connectivity index (χ3n) is 4.78. The first kappa shape index (κ1) is 15.3. The molecule has 1 aliphatic carbocycles. The average Bonchev–Trinajstić information content (AvgIpc) is 3.05. The molecule has 1 aromatic rings. The summed E-state index contributed by atoms with van der Waals surface area (Å²) in [6, 6.07) is 6.92. The minimum absolute atomic E-state index is 0.00287. The van der Waals surface area contributed by atoms with Crippen molar-refractivity contribution in [3.63, 3.8) is 0 Å². The summed E-state index contributed by atoms with van der Waals surface area (Å²) >= 11 is 0. The topological polar surface area (TPSA) is 86.7 Å². The zero-order chi connectivity index (χ0) is 15.9. The Balaban J connectivity index is 1.71. The molecule has 7 heteroatoms. The van der Waals surface area contributed by atoms with E-state index in [1.165, 1.54) is 0 Å². The summed E-state index contributed by atoms with van der Waals surface area (Å²) in [4.78, 5) is 10.9. The number of sulfonamides is 1. The van der Waals surface area contributed by atoms with Crippen molar-refractivity contribution >= 4 is 16.1 Å². The Morgan fingerprint density at radius 1 is 1.32 bits per heavy atom. The van der Waals surface area contributed by atoms with Gasteiger partial charge < -0.3 is 10.4 Å². The maximum atomic E-state index is 12.7. The summed E-state index contributed by atoms with van der Waals surface area (Å²) in [7, 11) is -3.44. The van der Waals surface area contributed by atoms with Crippen LogP contribution in [0.5, 0.6) is 0 Å². The second-order valence-corrected chi connectivity index (χ2v) is 8.11. The fraction of sp³-hybridized carbons (Fsp3) is 0.533. The number of fused-ring (bicyclic) bond motifs is 2. The summed E-state index contributed by atoms with van der Waals surface area (Å²) in [5.74, 6) is 0.489. The first-order valence-electron chi connectivity index (χ1n) is 7.43. The fourth-order valence-electron chi connectivity index (χ4n) is 3.63. The maximum absolute atomic E-state index is 12.7. The highest BCUT2D eigenvalue weighted by molar-refractivity contribution is 7.89.